The van der Waals surface area contributed by atoms with Gasteiger partial charge in [0.15, 0.2) is 0 Å². The van der Waals surface area contributed by atoms with Crippen molar-refractivity contribution in [2.24, 2.45) is 0 Å². The largest absolute Gasteiger partial charge is 0.472 e. The van der Waals surface area contributed by atoms with Crippen LogP contribution in [-0.4, -0.2) is 27.5 Å². The van der Waals surface area contributed by atoms with Gasteiger partial charge in [0, 0.05) is 12.1 Å². The third-order valence-electron chi connectivity index (χ3n) is 4.29. The summed E-state index contributed by atoms with van der Waals surface area (Å²) in [5.41, 5.74) is 1.45. The summed E-state index contributed by atoms with van der Waals surface area (Å²) in [6, 6.07) is 11.2. The third-order valence-corrected chi connectivity index (χ3v) is 4.29. The van der Waals surface area contributed by atoms with E-state index in [-0.39, 0.29) is 11.9 Å². The molecule has 1 atom stereocenters. The molecule has 0 aliphatic carbocycles. The molecule has 0 unspecified atom stereocenters. The van der Waals surface area contributed by atoms with Crippen molar-refractivity contribution in [1.82, 2.24) is 15.0 Å². The molecule has 6 nitrogen and oxygen atoms in total. The minimum absolute atomic E-state index is 0.0621. The van der Waals surface area contributed by atoms with Gasteiger partial charge in [-0.05, 0) is 25.3 Å². The van der Waals surface area contributed by atoms with Crippen LogP contribution in [0.2, 0.25) is 0 Å². The van der Waals surface area contributed by atoms with E-state index < -0.39 is 0 Å². The van der Waals surface area contributed by atoms with Crippen molar-refractivity contribution in [1.29, 1.82) is 0 Å². The average Bonchev–Trinajstić information content (AvgIpc) is 3.34. The van der Waals surface area contributed by atoms with E-state index in [0.717, 1.165) is 24.8 Å². The minimum Gasteiger partial charge on any atom is -0.472 e. The van der Waals surface area contributed by atoms with E-state index in [0.29, 0.717) is 23.8 Å². The predicted octanol–water partition coefficient (Wildman–Crippen LogP) is 3.70. The molecule has 122 valence electrons. The van der Waals surface area contributed by atoms with Gasteiger partial charge in [0.25, 0.3) is 5.91 Å². The van der Waals surface area contributed by atoms with E-state index in [1.165, 1.54) is 12.5 Å². The maximum Gasteiger partial charge on any atom is 0.257 e. The van der Waals surface area contributed by atoms with Gasteiger partial charge in [-0.1, -0.05) is 35.5 Å². The molecule has 3 heterocycles. The van der Waals surface area contributed by atoms with Crippen molar-refractivity contribution in [2.45, 2.75) is 25.3 Å². The van der Waals surface area contributed by atoms with Gasteiger partial charge in [0.1, 0.15) is 12.3 Å². The van der Waals surface area contributed by atoms with Gasteiger partial charge in [0.05, 0.1) is 11.8 Å². The number of likely N-dealkylation sites (tertiary alicyclic amines) is 1. The summed E-state index contributed by atoms with van der Waals surface area (Å²) in [6.45, 7) is 0.678. The molecule has 1 saturated heterocycles. The fourth-order valence-corrected chi connectivity index (χ4v) is 3.06. The zero-order valence-electron chi connectivity index (χ0n) is 13.1. The van der Waals surface area contributed by atoms with Crippen LogP contribution in [-0.2, 0) is 0 Å². The Bertz CT molecular complexity index is 811. The Balaban J connectivity index is 1.62. The van der Waals surface area contributed by atoms with Crippen molar-refractivity contribution in [3.8, 4) is 11.4 Å². The smallest absolute Gasteiger partial charge is 0.257 e. The molecular formula is C18H17N3O3. The normalized spacial score (nSPS) is 17.8. The molecular weight excluding hydrogens is 306 g/mol. The maximum absolute atomic E-state index is 12.7. The molecule has 2 aromatic heterocycles. The molecule has 0 bridgehead atoms. The molecule has 3 aromatic rings. The Morgan fingerprint density at radius 1 is 1.17 bits per heavy atom. The van der Waals surface area contributed by atoms with Gasteiger partial charge in [-0.2, -0.15) is 4.98 Å². The first-order chi connectivity index (χ1) is 11.8. The van der Waals surface area contributed by atoms with Gasteiger partial charge in [-0.25, -0.2) is 0 Å². The van der Waals surface area contributed by atoms with Crippen LogP contribution in [0.15, 0.2) is 57.9 Å². The second kappa shape index (κ2) is 6.31. The first-order valence-electron chi connectivity index (χ1n) is 8.05. The molecule has 1 aliphatic rings. The Morgan fingerprint density at radius 3 is 2.83 bits per heavy atom. The zero-order valence-corrected chi connectivity index (χ0v) is 13.1. The Morgan fingerprint density at radius 2 is 2.04 bits per heavy atom. The first kappa shape index (κ1) is 14.7. The average molecular weight is 323 g/mol. The number of hydrogen-bond donors (Lipinski definition) is 0. The second-order valence-corrected chi connectivity index (χ2v) is 5.84. The van der Waals surface area contributed by atoms with Crippen molar-refractivity contribution in [2.75, 3.05) is 6.54 Å². The number of nitrogens with zero attached hydrogens (tertiary/aromatic N) is 3. The summed E-state index contributed by atoms with van der Waals surface area (Å²) in [7, 11) is 0. The second-order valence-electron chi connectivity index (χ2n) is 5.84. The lowest BCUT2D eigenvalue weighted by atomic mass is 10.0. The minimum atomic E-state index is -0.189. The number of aromatic nitrogens is 2. The Kier molecular flexibility index (Phi) is 3.86. The standard InChI is InChI=1S/C18H17N3O3/c22-18(14-9-11-23-12-14)21-10-5-4-8-15(21)17-19-16(20-24-17)13-6-2-1-3-7-13/h1-3,6-7,9,11-12,15H,4-5,8,10H2/t15-/m1/s1. The summed E-state index contributed by atoms with van der Waals surface area (Å²) >= 11 is 0. The van der Waals surface area contributed by atoms with Crippen LogP contribution in [0.1, 0.15) is 41.6 Å². The third kappa shape index (κ3) is 2.71. The summed E-state index contributed by atoms with van der Waals surface area (Å²) in [4.78, 5) is 19.0. The molecule has 24 heavy (non-hydrogen) atoms. The van der Waals surface area contributed by atoms with Gasteiger partial charge in [-0.3, -0.25) is 4.79 Å². The molecule has 1 fully saturated rings. The fourth-order valence-electron chi connectivity index (χ4n) is 3.06. The van der Waals surface area contributed by atoms with Gasteiger partial charge in [-0.15, -0.1) is 0 Å². The van der Waals surface area contributed by atoms with Crippen LogP contribution < -0.4 is 0 Å². The van der Waals surface area contributed by atoms with Crippen LogP contribution >= 0.6 is 0 Å². The van der Waals surface area contributed by atoms with Crippen LogP contribution in [0.5, 0.6) is 0 Å². The molecule has 0 spiro atoms. The number of furan rings is 1. The van der Waals surface area contributed by atoms with Crippen molar-refractivity contribution in [3.05, 3.63) is 60.4 Å². The van der Waals surface area contributed by atoms with Crippen molar-refractivity contribution < 1.29 is 13.7 Å². The summed E-state index contributed by atoms with van der Waals surface area (Å²) in [6.07, 6.45) is 5.80. The number of amides is 1. The highest BCUT2D eigenvalue weighted by Crippen LogP contribution is 2.32. The lowest BCUT2D eigenvalue weighted by Crippen LogP contribution is -2.38. The van der Waals surface area contributed by atoms with Crippen LogP contribution in [0.25, 0.3) is 11.4 Å². The lowest BCUT2D eigenvalue weighted by Gasteiger charge is -2.33. The number of hydrogen-bond acceptors (Lipinski definition) is 5. The van der Waals surface area contributed by atoms with Gasteiger partial charge in [0.2, 0.25) is 11.7 Å². The highest BCUT2D eigenvalue weighted by Gasteiger charge is 2.33. The monoisotopic (exact) mass is 323 g/mol. The van der Waals surface area contributed by atoms with Crippen LogP contribution in [0.3, 0.4) is 0 Å². The van der Waals surface area contributed by atoms with E-state index in [4.69, 9.17) is 8.94 Å². The Labute approximate surface area is 139 Å². The fraction of sp³-hybridized carbons (Fsp3) is 0.278. The van der Waals surface area contributed by atoms with E-state index >= 15 is 0 Å². The number of carbonyl (C=O) groups excluding carboxylic acids is 1. The summed E-state index contributed by atoms with van der Waals surface area (Å²) in [5, 5.41) is 4.08. The Hall–Kier alpha value is -2.89. The van der Waals surface area contributed by atoms with Crippen molar-refractivity contribution >= 4 is 5.91 Å². The molecule has 0 saturated carbocycles. The molecule has 1 aliphatic heterocycles. The molecule has 0 radical (unpaired) electrons. The van der Waals surface area contributed by atoms with E-state index in [2.05, 4.69) is 10.1 Å². The van der Waals surface area contributed by atoms with Crippen LogP contribution in [0.4, 0.5) is 0 Å². The highest BCUT2D eigenvalue weighted by molar-refractivity contribution is 5.94. The van der Waals surface area contributed by atoms with Crippen molar-refractivity contribution in [3.63, 3.8) is 0 Å². The molecule has 6 heteroatoms. The van der Waals surface area contributed by atoms with E-state index in [9.17, 15) is 4.79 Å². The first-order valence-corrected chi connectivity index (χ1v) is 8.05. The summed E-state index contributed by atoms with van der Waals surface area (Å²) < 4.78 is 10.5. The number of carbonyl (C=O) groups is 1. The van der Waals surface area contributed by atoms with E-state index in [1.807, 2.05) is 30.3 Å². The van der Waals surface area contributed by atoms with Gasteiger partial charge >= 0.3 is 0 Å². The SMILES string of the molecule is O=C(c1ccoc1)N1CCCC[C@@H]1c1nc(-c2ccccc2)no1. The van der Waals surface area contributed by atoms with Gasteiger partial charge < -0.3 is 13.8 Å². The number of benzene rings is 1. The summed E-state index contributed by atoms with van der Waals surface area (Å²) in [5.74, 6) is 0.977. The number of rotatable bonds is 3. The topological polar surface area (TPSA) is 72.4 Å². The molecule has 0 N–H and O–H groups in total. The zero-order chi connectivity index (χ0) is 16.4. The number of piperidine rings is 1. The molecule has 1 amide bonds. The van der Waals surface area contributed by atoms with E-state index in [1.54, 1.807) is 11.0 Å². The highest BCUT2D eigenvalue weighted by atomic mass is 16.5. The lowest BCUT2D eigenvalue weighted by molar-refractivity contribution is 0.0560. The maximum atomic E-state index is 12.7. The quantitative estimate of drug-likeness (QED) is 0.735. The molecule has 4 rings (SSSR count). The molecule has 1 aromatic carbocycles. The predicted molar refractivity (Wildman–Crippen MR) is 86.1 cm³/mol. The van der Waals surface area contributed by atoms with Crippen LogP contribution in [0, 0.1) is 0 Å².